The molecule has 0 N–H and O–H groups in total. The Hall–Kier alpha value is -3.51. The summed E-state index contributed by atoms with van der Waals surface area (Å²) in [6.45, 7) is 1.95. The topological polar surface area (TPSA) is 115 Å². The van der Waals surface area contributed by atoms with Gasteiger partial charge in [0.2, 0.25) is 10.0 Å². The van der Waals surface area contributed by atoms with Gasteiger partial charge in [0.25, 0.3) is 0 Å². The van der Waals surface area contributed by atoms with Crippen LogP contribution in [0, 0.1) is 0 Å². The third-order valence-electron chi connectivity index (χ3n) is 6.74. The van der Waals surface area contributed by atoms with Crippen LogP contribution in [0.5, 0.6) is 17.2 Å². The average Bonchev–Trinajstić information content (AvgIpc) is 2.94. The Bertz CT molecular complexity index is 1290. The molecule has 2 aliphatic rings. The summed E-state index contributed by atoms with van der Waals surface area (Å²) in [5.41, 5.74) is 2.50. The first-order chi connectivity index (χ1) is 17.7. The van der Waals surface area contributed by atoms with E-state index in [9.17, 15) is 18.0 Å². The number of methoxy groups -OCH3 is 4. The van der Waals surface area contributed by atoms with Crippen molar-refractivity contribution in [1.82, 2.24) is 9.21 Å². The summed E-state index contributed by atoms with van der Waals surface area (Å²) in [5, 5.41) is 0. The van der Waals surface area contributed by atoms with E-state index in [-0.39, 0.29) is 11.4 Å². The van der Waals surface area contributed by atoms with Gasteiger partial charge in [0.1, 0.15) is 5.75 Å². The Labute approximate surface area is 216 Å². The van der Waals surface area contributed by atoms with Crippen molar-refractivity contribution in [3.05, 3.63) is 41.5 Å². The van der Waals surface area contributed by atoms with Crippen LogP contribution in [-0.4, -0.2) is 90.7 Å². The van der Waals surface area contributed by atoms with Gasteiger partial charge >= 0.3 is 11.9 Å². The molecule has 1 saturated heterocycles. The molecule has 0 unspecified atom stereocenters. The fourth-order valence-corrected chi connectivity index (χ4v) is 6.10. The molecule has 200 valence electrons. The molecule has 11 nitrogen and oxygen atoms in total. The van der Waals surface area contributed by atoms with E-state index in [0.717, 1.165) is 11.1 Å². The summed E-state index contributed by atoms with van der Waals surface area (Å²) < 4.78 is 49.6. The van der Waals surface area contributed by atoms with E-state index >= 15 is 0 Å². The molecule has 2 aromatic rings. The summed E-state index contributed by atoms with van der Waals surface area (Å²) in [4.78, 5) is 27.2. The van der Waals surface area contributed by atoms with Gasteiger partial charge < -0.3 is 28.7 Å². The fraction of sp³-hybridized carbons (Fsp3) is 0.440. The highest BCUT2D eigenvalue weighted by Gasteiger charge is 2.32. The number of nitrogens with zero attached hydrogens (tertiary/aromatic N) is 3. The van der Waals surface area contributed by atoms with Crippen LogP contribution < -0.4 is 19.1 Å². The summed E-state index contributed by atoms with van der Waals surface area (Å²) in [6, 6.07) is 8.51. The molecule has 2 heterocycles. The minimum absolute atomic E-state index is 0.153. The van der Waals surface area contributed by atoms with Crippen molar-refractivity contribution < 1.29 is 37.0 Å². The molecular weight excluding hydrogens is 502 g/mol. The van der Waals surface area contributed by atoms with Crippen LogP contribution in [0.4, 0.5) is 5.69 Å². The summed E-state index contributed by atoms with van der Waals surface area (Å²) in [6.07, 6.45) is 0.550. The second kappa shape index (κ2) is 10.9. The van der Waals surface area contributed by atoms with Crippen LogP contribution in [0.2, 0.25) is 0 Å². The molecule has 12 heteroatoms. The molecule has 0 aliphatic carbocycles. The highest BCUT2D eigenvalue weighted by Crippen LogP contribution is 2.36. The minimum Gasteiger partial charge on any atom is -0.495 e. The first-order valence-corrected chi connectivity index (χ1v) is 13.2. The molecule has 0 radical (unpaired) electrons. The number of anilines is 1. The maximum Gasteiger partial charge on any atom is 0.396 e. The Morgan fingerprint density at radius 3 is 2.00 bits per heavy atom. The van der Waals surface area contributed by atoms with E-state index in [0.29, 0.717) is 62.1 Å². The van der Waals surface area contributed by atoms with Gasteiger partial charge in [-0.15, -0.1) is 0 Å². The van der Waals surface area contributed by atoms with Gasteiger partial charge in [-0.05, 0) is 47.9 Å². The zero-order valence-corrected chi connectivity index (χ0v) is 22.2. The highest BCUT2D eigenvalue weighted by molar-refractivity contribution is 7.89. The molecule has 0 saturated carbocycles. The van der Waals surface area contributed by atoms with Gasteiger partial charge in [-0.2, -0.15) is 4.31 Å². The lowest BCUT2D eigenvalue weighted by molar-refractivity contribution is -0.158. The van der Waals surface area contributed by atoms with Gasteiger partial charge in [0.15, 0.2) is 11.5 Å². The Kier molecular flexibility index (Phi) is 7.79. The zero-order chi connectivity index (χ0) is 26.7. The molecule has 1 amide bonds. The van der Waals surface area contributed by atoms with Crippen LogP contribution in [0.3, 0.4) is 0 Å². The molecule has 1 fully saturated rings. The number of carbonyl (C=O) groups excluding carboxylic acids is 2. The van der Waals surface area contributed by atoms with Gasteiger partial charge in [-0.25, -0.2) is 13.2 Å². The van der Waals surface area contributed by atoms with Gasteiger partial charge in [0, 0.05) is 39.3 Å². The third kappa shape index (κ3) is 5.16. The molecule has 0 bridgehead atoms. The predicted molar refractivity (Wildman–Crippen MR) is 135 cm³/mol. The van der Waals surface area contributed by atoms with Gasteiger partial charge in [-0.1, -0.05) is 0 Å². The number of esters is 1. The van der Waals surface area contributed by atoms with Crippen LogP contribution in [0.1, 0.15) is 11.1 Å². The lowest BCUT2D eigenvalue weighted by atomic mass is 10.0. The van der Waals surface area contributed by atoms with Gasteiger partial charge in [0.05, 0.1) is 39.0 Å². The van der Waals surface area contributed by atoms with E-state index in [4.69, 9.17) is 14.2 Å². The number of carbonyl (C=O) groups is 2. The zero-order valence-electron chi connectivity index (χ0n) is 21.4. The SMILES string of the molecule is COC(=O)C(=O)N1CCN(c2cc(S(=O)(=O)N3CCc4cc(OC)c(OC)cc4C3)ccc2OC)CC1. The number of fused-ring (bicyclic) bond motifs is 1. The lowest BCUT2D eigenvalue weighted by Crippen LogP contribution is -2.51. The largest absolute Gasteiger partial charge is 0.495 e. The first-order valence-electron chi connectivity index (χ1n) is 11.8. The second-order valence-electron chi connectivity index (χ2n) is 8.67. The number of benzene rings is 2. The minimum atomic E-state index is -3.81. The quantitative estimate of drug-likeness (QED) is 0.400. The Morgan fingerprint density at radius 2 is 1.41 bits per heavy atom. The predicted octanol–water partition coefficient (Wildman–Crippen LogP) is 1.28. The number of piperazine rings is 1. The summed E-state index contributed by atoms with van der Waals surface area (Å²) >= 11 is 0. The van der Waals surface area contributed by atoms with Crippen molar-refractivity contribution in [2.24, 2.45) is 0 Å². The Morgan fingerprint density at radius 1 is 0.784 bits per heavy atom. The number of rotatable bonds is 6. The average molecular weight is 534 g/mol. The van der Waals surface area contributed by atoms with E-state index < -0.39 is 21.9 Å². The fourth-order valence-electron chi connectivity index (χ4n) is 4.66. The molecule has 0 atom stereocenters. The summed E-state index contributed by atoms with van der Waals surface area (Å²) in [5.74, 6) is 0.0960. The van der Waals surface area contributed by atoms with Crippen LogP contribution in [-0.2, 0) is 37.3 Å². The normalized spacial score (nSPS) is 16.1. The molecular formula is C25H31N3O8S. The summed E-state index contributed by atoms with van der Waals surface area (Å²) in [7, 11) is 2.00. The third-order valence-corrected chi connectivity index (χ3v) is 8.58. The molecule has 0 spiro atoms. The van der Waals surface area contributed by atoms with Crippen LogP contribution in [0.25, 0.3) is 0 Å². The molecule has 37 heavy (non-hydrogen) atoms. The van der Waals surface area contributed by atoms with Crippen molar-refractivity contribution in [1.29, 1.82) is 0 Å². The standard InChI is InChI=1S/C25H31N3O8S/c1-33-21-6-5-19(15-20(21)26-9-11-27(12-10-26)24(29)25(30)36-4)37(31,32)28-8-7-17-13-22(34-2)23(35-3)14-18(17)16-28/h5-6,13-15H,7-12,16H2,1-4H3. The number of ether oxygens (including phenoxy) is 4. The van der Waals surface area contributed by atoms with E-state index in [2.05, 4.69) is 4.74 Å². The van der Waals surface area contributed by atoms with Crippen molar-refractivity contribution in [2.45, 2.75) is 17.9 Å². The van der Waals surface area contributed by atoms with E-state index in [1.54, 1.807) is 32.4 Å². The van der Waals surface area contributed by atoms with Crippen LogP contribution in [0.15, 0.2) is 35.2 Å². The van der Waals surface area contributed by atoms with E-state index in [1.165, 1.54) is 23.4 Å². The van der Waals surface area contributed by atoms with E-state index in [1.807, 2.05) is 17.0 Å². The molecule has 2 aliphatic heterocycles. The molecule has 4 rings (SSSR count). The van der Waals surface area contributed by atoms with Crippen molar-refractivity contribution >= 4 is 27.6 Å². The van der Waals surface area contributed by atoms with Crippen LogP contribution >= 0.6 is 0 Å². The molecule has 2 aromatic carbocycles. The number of sulfonamides is 1. The smallest absolute Gasteiger partial charge is 0.396 e. The number of amides is 1. The maximum atomic E-state index is 13.7. The van der Waals surface area contributed by atoms with Gasteiger partial charge in [-0.3, -0.25) is 4.79 Å². The maximum absolute atomic E-state index is 13.7. The molecule has 0 aromatic heterocycles. The van der Waals surface area contributed by atoms with Crippen molar-refractivity contribution in [2.75, 3.05) is 66.1 Å². The number of hydrogen-bond donors (Lipinski definition) is 0. The lowest BCUT2D eigenvalue weighted by Gasteiger charge is -2.36. The second-order valence-corrected chi connectivity index (χ2v) is 10.6. The number of hydrogen-bond acceptors (Lipinski definition) is 9. The Balaban J connectivity index is 1.56. The highest BCUT2D eigenvalue weighted by atomic mass is 32.2. The monoisotopic (exact) mass is 533 g/mol. The first kappa shape index (κ1) is 26.6. The van der Waals surface area contributed by atoms with Crippen molar-refractivity contribution in [3.63, 3.8) is 0 Å². The van der Waals surface area contributed by atoms with Crippen molar-refractivity contribution in [3.8, 4) is 17.2 Å².